The minimum atomic E-state index is 0.829. The summed E-state index contributed by atoms with van der Waals surface area (Å²) in [4.78, 5) is 1.34. The van der Waals surface area contributed by atoms with E-state index in [1.165, 1.54) is 101 Å². The Labute approximate surface area is 160 Å². The predicted molar refractivity (Wildman–Crippen MR) is 112 cm³/mol. The van der Waals surface area contributed by atoms with E-state index in [9.17, 15) is 0 Å². The number of halogens is 1. The third kappa shape index (κ3) is 13.2. The summed E-state index contributed by atoms with van der Waals surface area (Å²) in [7, 11) is 0. The lowest BCUT2D eigenvalue weighted by molar-refractivity contribution is 0.538. The molecule has 2 heteroatoms. The molecular weight excluding hydrogens is 332 g/mol. The molecule has 0 atom stereocenters. The minimum absolute atomic E-state index is 0.829. The smallest absolute Gasteiger partial charge is 0.0406 e. The molecule has 0 saturated carbocycles. The van der Waals surface area contributed by atoms with Crippen LogP contribution in [0.2, 0.25) is 5.02 Å². The second-order valence-electron chi connectivity index (χ2n) is 6.90. The van der Waals surface area contributed by atoms with Gasteiger partial charge in [-0.1, -0.05) is 102 Å². The molecule has 1 rings (SSSR count). The van der Waals surface area contributed by atoms with Gasteiger partial charge in [-0.15, -0.1) is 11.8 Å². The highest BCUT2D eigenvalue weighted by atomic mass is 35.5. The first-order valence-electron chi connectivity index (χ1n) is 10.2. The molecule has 138 valence electrons. The molecule has 0 aliphatic rings. The molecule has 0 aliphatic carbocycles. The topological polar surface area (TPSA) is 0 Å². The van der Waals surface area contributed by atoms with Crippen LogP contribution in [0.4, 0.5) is 0 Å². The molecule has 24 heavy (non-hydrogen) atoms. The lowest BCUT2D eigenvalue weighted by atomic mass is 10.0. The maximum absolute atomic E-state index is 5.90. The van der Waals surface area contributed by atoms with Crippen molar-refractivity contribution in [2.75, 3.05) is 5.75 Å². The van der Waals surface area contributed by atoms with Gasteiger partial charge in [-0.25, -0.2) is 0 Å². The van der Waals surface area contributed by atoms with Gasteiger partial charge in [-0.05, 0) is 36.4 Å². The molecule has 0 nitrogen and oxygen atoms in total. The standard InChI is InChI=1S/C22H37ClS/c1-2-3-4-5-6-7-8-9-10-11-12-13-14-15-20-24-22-18-16-21(23)17-19-22/h16-19H,2-15,20H2,1H3. The van der Waals surface area contributed by atoms with Crippen LogP contribution >= 0.6 is 23.4 Å². The Kier molecular flexibility index (Phi) is 14.9. The van der Waals surface area contributed by atoms with Gasteiger partial charge in [0.25, 0.3) is 0 Å². The van der Waals surface area contributed by atoms with Crippen LogP contribution in [0, 0.1) is 0 Å². The van der Waals surface area contributed by atoms with E-state index < -0.39 is 0 Å². The van der Waals surface area contributed by atoms with E-state index in [0.717, 1.165) is 5.02 Å². The summed E-state index contributed by atoms with van der Waals surface area (Å²) in [5.41, 5.74) is 0. The van der Waals surface area contributed by atoms with Gasteiger partial charge < -0.3 is 0 Å². The molecule has 0 bridgehead atoms. The Morgan fingerprint density at radius 2 is 1.04 bits per heavy atom. The molecule has 0 fully saturated rings. The molecule has 0 unspecified atom stereocenters. The van der Waals surface area contributed by atoms with Crippen molar-refractivity contribution < 1.29 is 0 Å². The molecule has 0 aromatic heterocycles. The molecule has 0 N–H and O–H groups in total. The predicted octanol–water partition coefficient (Wildman–Crippen LogP) is 8.91. The normalized spacial score (nSPS) is 11.1. The third-order valence-electron chi connectivity index (χ3n) is 4.58. The molecule has 0 aliphatic heterocycles. The number of benzene rings is 1. The Bertz CT molecular complexity index is 374. The van der Waals surface area contributed by atoms with Gasteiger partial charge in [-0.2, -0.15) is 0 Å². The first-order chi connectivity index (χ1) is 11.8. The van der Waals surface area contributed by atoms with E-state index in [1.54, 1.807) is 0 Å². The van der Waals surface area contributed by atoms with Crippen LogP contribution < -0.4 is 0 Å². The lowest BCUT2D eigenvalue weighted by Crippen LogP contribution is -1.84. The van der Waals surface area contributed by atoms with Crippen molar-refractivity contribution in [1.82, 2.24) is 0 Å². The number of unbranched alkanes of at least 4 members (excludes halogenated alkanes) is 13. The fourth-order valence-electron chi connectivity index (χ4n) is 3.02. The van der Waals surface area contributed by atoms with Crippen molar-refractivity contribution in [1.29, 1.82) is 0 Å². The fourth-order valence-corrected chi connectivity index (χ4v) is 4.06. The summed E-state index contributed by atoms with van der Waals surface area (Å²) < 4.78 is 0. The molecule has 0 amide bonds. The van der Waals surface area contributed by atoms with Gasteiger partial charge >= 0.3 is 0 Å². The number of thioether (sulfide) groups is 1. The Balaban J connectivity index is 1.75. The maximum atomic E-state index is 5.90. The van der Waals surface area contributed by atoms with Crippen LogP contribution in [0.15, 0.2) is 29.2 Å². The third-order valence-corrected chi connectivity index (χ3v) is 5.93. The zero-order valence-corrected chi connectivity index (χ0v) is 17.3. The zero-order chi connectivity index (χ0) is 17.3. The van der Waals surface area contributed by atoms with Crippen molar-refractivity contribution >= 4 is 23.4 Å². The molecular formula is C22H37ClS. The van der Waals surface area contributed by atoms with Crippen molar-refractivity contribution in [2.24, 2.45) is 0 Å². The van der Waals surface area contributed by atoms with E-state index in [-0.39, 0.29) is 0 Å². The summed E-state index contributed by atoms with van der Waals surface area (Å²) in [5.74, 6) is 1.24. The second kappa shape index (κ2) is 16.3. The molecule has 0 spiro atoms. The molecule has 1 aromatic carbocycles. The van der Waals surface area contributed by atoms with Crippen LogP contribution in [-0.2, 0) is 0 Å². The van der Waals surface area contributed by atoms with Gasteiger partial charge in [0, 0.05) is 9.92 Å². The van der Waals surface area contributed by atoms with E-state index >= 15 is 0 Å². The first kappa shape index (κ1) is 21.9. The maximum Gasteiger partial charge on any atom is 0.0406 e. The average Bonchev–Trinajstić information content (AvgIpc) is 2.60. The van der Waals surface area contributed by atoms with Crippen LogP contribution in [0.25, 0.3) is 0 Å². The van der Waals surface area contributed by atoms with Crippen LogP contribution in [-0.4, -0.2) is 5.75 Å². The van der Waals surface area contributed by atoms with Crippen molar-refractivity contribution in [2.45, 2.75) is 102 Å². The van der Waals surface area contributed by atoms with Gasteiger partial charge in [0.05, 0.1) is 0 Å². The summed E-state index contributed by atoms with van der Waals surface area (Å²) in [6, 6.07) is 8.21. The SMILES string of the molecule is CCCCCCCCCCCCCCCCSc1ccc(Cl)cc1. The number of rotatable bonds is 16. The summed E-state index contributed by atoms with van der Waals surface area (Å²) in [5, 5.41) is 0.829. The Morgan fingerprint density at radius 3 is 1.50 bits per heavy atom. The Morgan fingerprint density at radius 1 is 0.625 bits per heavy atom. The van der Waals surface area contributed by atoms with Gasteiger partial charge in [0.15, 0.2) is 0 Å². The molecule has 0 heterocycles. The number of hydrogen-bond donors (Lipinski definition) is 0. The van der Waals surface area contributed by atoms with E-state index in [2.05, 4.69) is 19.1 Å². The summed E-state index contributed by atoms with van der Waals surface area (Å²) in [6.45, 7) is 2.29. The van der Waals surface area contributed by atoms with Crippen LogP contribution in [0.1, 0.15) is 96.8 Å². The first-order valence-corrected chi connectivity index (χ1v) is 11.6. The lowest BCUT2D eigenvalue weighted by Gasteiger charge is -2.04. The minimum Gasteiger partial charge on any atom is -0.126 e. The highest BCUT2D eigenvalue weighted by Gasteiger charge is 1.96. The number of hydrogen-bond acceptors (Lipinski definition) is 1. The monoisotopic (exact) mass is 368 g/mol. The zero-order valence-electron chi connectivity index (χ0n) is 15.7. The fraction of sp³-hybridized carbons (Fsp3) is 0.727. The van der Waals surface area contributed by atoms with Crippen molar-refractivity contribution in [3.63, 3.8) is 0 Å². The molecule has 1 aromatic rings. The highest BCUT2D eigenvalue weighted by molar-refractivity contribution is 7.99. The molecule has 0 saturated heterocycles. The second-order valence-corrected chi connectivity index (χ2v) is 8.50. The van der Waals surface area contributed by atoms with E-state index in [0.29, 0.717) is 0 Å². The summed E-state index contributed by atoms with van der Waals surface area (Å²) >= 11 is 7.85. The van der Waals surface area contributed by atoms with Gasteiger partial charge in [0.1, 0.15) is 0 Å². The Hall–Kier alpha value is -0.140. The van der Waals surface area contributed by atoms with E-state index in [1.807, 2.05) is 23.9 Å². The largest absolute Gasteiger partial charge is 0.126 e. The van der Waals surface area contributed by atoms with Crippen LogP contribution in [0.3, 0.4) is 0 Å². The van der Waals surface area contributed by atoms with Crippen LogP contribution in [0.5, 0.6) is 0 Å². The highest BCUT2D eigenvalue weighted by Crippen LogP contribution is 2.22. The quantitative estimate of drug-likeness (QED) is 0.207. The average molecular weight is 369 g/mol. The van der Waals surface area contributed by atoms with Crippen molar-refractivity contribution in [3.05, 3.63) is 29.3 Å². The van der Waals surface area contributed by atoms with Gasteiger partial charge in [0.2, 0.25) is 0 Å². The summed E-state index contributed by atoms with van der Waals surface area (Å²) in [6.07, 6.45) is 20.0. The van der Waals surface area contributed by atoms with Crippen molar-refractivity contribution in [3.8, 4) is 0 Å². The molecule has 0 radical (unpaired) electrons. The van der Waals surface area contributed by atoms with E-state index in [4.69, 9.17) is 11.6 Å². The van der Waals surface area contributed by atoms with Gasteiger partial charge in [-0.3, -0.25) is 0 Å².